The lowest BCUT2D eigenvalue weighted by molar-refractivity contribution is 0.0694. The standard InChI is InChI=1S/C14H11FINO3/c1-17-12(10(14(19)20)4-5-13(17)18)6-8-2-3-9(16)7-11(8)15/h2-5,7H,6H2,1H3,(H,19,20). The highest BCUT2D eigenvalue weighted by Crippen LogP contribution is 2.17. The van der Waals surface area contributed by atoms with E-state index in [2.05, 4.69) is 0 Å². The minimum Gasteiger partial charge on any atom is -0.478 e. The van der Waals surface area contributed by atoms with Crippen LogP contribution in [0.1, 0.15) is 21.6 Å². The van der Waals surface area contributed by atoms with E-state index >= 15 is 0 Å². The van der Waals surface area contributed by atoms with Gasteiger partial charge in [0.1, 0.15) is 5.82 Å². The van der Waals surface area contributed by atoms with Crippen LogP contribution in [0.3, 0.4) is 0 Å². The van der Waals surface area contributed by atoms with Gasteiger partial charge < -0.3 is 9.67 Å². The van der Waals surface area contributed by atoms with E-state index in [9.17, 15) is 14.0 Å². The summed E-state index contributed by atoms with van der Waals surface area (Å²) in [7, 11) is 1.48. The zero-order valence-electron chi connectivity index (χ0n) is 10.6. The maximum Gasteiger partial charge on any atom is 0.337 e. The van der Waals surface area contributed by atoms with Crippen molar-refractivity contribution in [3.63, 3.8) is 0 Å². The van der Waals surface area contributed by atoms with E-state index in [-0.39, 0.29) is 23.2 Å². The van der Waals surface area contributed by atoms with Crippen LogP contribution in [0, 0.1) is 9.39 Å². The molecule has 0 aliphatic heterocycles. The first kappa shape index (κ1) is 14.7. The lowest BCUT2D eigenvalue weighted by atomic mass is 10.0. The summed E-state index contributed by atoms with van der Waals surface area (Å²) in [6.07, 6.45) is 0.0525. The van der Waals surface area contributed by atoms with Gasteiger partial charge in [0, 0.05) is 28.8 Å². The van der Waals surface area contributed by atoms with Crippen molar-refractivity contribution in [3.8, 4) is 0 Å². The van der Waals surface area contributed by atoms with Gasteiger partial charge in [0.15, 0.2) is 0 Å². The number of hydrogen-bond donors (Lipinski definition) is 1. The monoisotopic (exact) mass is 387 g/mol. The average molecular weight is 387 g/mol. The minimum absolute atomic E-state index is 0.00468. The summed E-state index contributed by atoms with van der Waals surface area (Å²) in [5, 5.41) is 9.16. The number of benzene rings is 1. The van der Waals surface area contributed by atoms with E-state index in [4.69, 9.17) is 5.11 Å². The molecule has 6 heteroatoms. The third-order valence-electron chi connectivity index (χ3n) is 3.04. The third kappa shape index (κ3) is 2.90. The van der Waals surface area contributed by atoms with Gasteiger partial charge in [0.25, 0.3) is 5.56 Å². The molecular formula is C14H11FINO3. The van der Waals surface area contributed by atoms with Crippen molar-refractivity contribution in [3.05, 3.63) is 66.9 Å². The van der Waals surface area contributed by atoms with Crippen molar-refractivity contribution in [2.75, 3.05) is 0 Å². The van der Waals surface area contributed by atoms with Crippen molar-refractivity contribution < 1.29 is 14.3 Å². The van der Waals surface area contributed by atoms with E-state index in [1.807, 2.05) is 22.6 Å². The molecule has 0 radical (unpaired) electrons. The molecule has 1 aromatic heterocycles. The van der Waals surface area contributed by atoms with Crippen molar-refractivity contribution in [2.24, 2.45) is 7.05 Å². The Balaban J connectivity index is 2.55. The fourth-order valence-corrected chi connectivity index (χ4v) is 2.38. The Bertz CT molecular complexity index is 740. The van der Waals surface area contributed by atoms with E-state index in [0.29, 0.717) is 5.56 Å². The van der Waals surface area contributed by atoms with Crippen molar-refractivity contribution >= 4 is 28.6 Å². The van der Waals surface area contributed by atoms with Crippen LogP contribution in [-0.4, -0.2) is 15.6 Å². The molecule has 1 aromatic carbocycles. The summed E-state index contributed by atoms with van der Waals surface area (Å²) in [6, 6.07) is 7.15. The van der Waals surface area contributed by atoms with Crippen LogP contribution in [0.15, 0.2) is 35.1 Å². The quantitative estimate of drug-likeness (QED) is 0.824. The highest BCUT2D eigenvalue weighted by Gasteiger charge is 2.15. The van der Waals surface area contributed by atoms with Crippen molar-refractivity contribution in [1.29, 1.82) is 0 Å². The molecule has 0 fully saturated rings. The lowest BCUT2D eigenvalue weighted by Gasteiger charge is -2.12. The van der Waals surface area contributed by atoms with Gasteiger partial charge >= 0.3 is 5.97 Å². The Labute approximate surface area is 128 Å². The van der Waals surface area contributed by atoms with Gasteiger partial charge in [0.05, 0.1) is 5.56 Å². The first-order chi connectivity index (χ1) is 9.40. The van der Waals surface area contributed by atoms with Gasteiger partial charge in [-0.2, -0.15) is 0 Å². The van der Waals surface area contributed by atoms with Crippen LogP contribution in [-0.2, 0) is 13.5 Å². The number of carboxylic acid groups (broad SMARTS) is 1. The number of aromatic carboxylic acids is 1. The van der Waals surface area contributed by atoms with Crippen LogP contribution >= 0.6 is 22.6 Å². The molecule has 0 unspecified atom stereocenters. The number of hydrogen-bond acceptors (Lipinski definition) is 2. The van der Waals surface area contributed by atoms with Gasteiger partial charge in [-0.25, -0.2) is 9.18 Å². The predicted octanol–water partition coefficient (Wildman–Crippen LogP) is 2.42. The normalized spacial score (nSPS) is 10.6. The second kappa shape index (κ2) is 5.74. The zero-order valence-corrected chi connectivity index (χ0v) is 12.7. The molecule has 0 saturated carbocycles. The molecule has 4 nitrogen and oxygen atoms in total. The van der Waals surface area contributed by atoms with E-state index < -0.39 is 11.8 Å². The SMILES string of the molecule is Cn1c(Cc2ccc(I)cc2F)c(C(=O)O)ccc1=O. The topological polar surface area (TPSA) is 59.3 Å². The maximum absolute atomic E-state index is 13.9. The molecule has 0 bridgehead atoms. The summed E-state index contributed by atoms with van der Waals surface area (Å²) >= 11 is 1.99. The Morgan fingerprint density at radius 1 is 1.35 bits per heavy atom. The number of halogens is 2. The van der Waals surface area contributed by atoms with Gasteiger partial charge in [-0.15, -0.1) is 0 Å². The number of nitrogens with zero attached hydrogens (tertiary/aromatic N) is 1. The average Bonchev–Trinajstić information content (AvgIpc) is 2.37. The fourth-order valence-electron chi connectivity index (χ4n) is 1.93. The molecule has 104 valence electrons. The minimum atomic E-state index is -1.14. The number of pyridine rings is 1. The van der Waals surface area contributed by atoms with E-state index in [0.717, 1.165) is 3.57 Å². The highest BCUT2D eigenvalue weighted by atomic mass is 127. The smallest absolute Gasteiger partial charge is 0.337 e. The molecular weight excluding hydrogens is 376 g/mol. The number of rotatable bonds is 3. The number of carboxylic acids is 1. The van der Waals surface area contributed by atoms with E-state index in [1.54, 1.807) is 12.1 Å². The molecule has 0 atom stereocenters. The van der Waals surface area contributed by atoms with Crippen molar-refractivity contribution in [2.45, 2.75) is 6.42 Å². The summed E-state index contributed by atoms with van der Waals surface area (Å²) in [6.45, 7) is 0. The van der Waals surface area contributed by atoms with Crippen LogP contribution in [0.5, 0.6) is 0 Å². The fraction of sp³-hybridized carbons (Fsp3) is 0.143. The largest absolute Gasteiger partial charge is 0.478 e. The molecule has 0 amide bonds. The molecule has 0 saturated heterocycles. The summed E-state index contributed by atoms with van der Waals surface area (Å²) < 4.78 is 15.9. The van der Waals surface area contributed by atoms with Crippen LogP contribution in [0.25, 0.3) is 0 Å². The Hall–Kier alpha value is -1.70. The number of aromatic nitrogens is 1. The second-order valence-corrected chi connectivity index (χ2v) is 5.55. The van der Waals surface area contributed by atoms with E-state index in [1.165, 1.54) is 29.8 Å². The van der Waals surface area contributed by atoms with Crippen LogP contribution < -0.4 is 5.56 Å². The van der Waals surface area contributed by atoms with Gasteiger partial charge in [-0.3, -0.25) is 4.79 Å². The van der Waals surface area contributed by atoms with Gasteiger partial charge in [0.2, 0.25) is 0 Å². The maximum atomic E-state index is 13.9. The molecule has 0 aliphatic rings. The molecule has 1 heterocycles. The molecule has 2 aromatic rings. The second-order valence-electron chi connectivity index (χ2n) is 4.31. The van der Waals surface area contributed by atoms with Gasteiger partial charge in [-0.1, -0.05) is 6.07 Å². The number of carbonyl (C=O) groups is 1. The zero-order chi connectivity index (χ0) is 14.9. The Morgan fingerprint density at radius 3 is 2.65 bits per heavy atom. The lowest BCUT2D eigenvalue weighted by Crippen LogP contribution is -2.23. The van der Waals surface area contributed by atoms with Crippen LogP contribution in [0.2, 0.25) is 0 Å². The van der Waals surface area contributed by atoms with Crippen molar-refractivity contribution in [1.82, 2.24) is 4.57 Å². The van der Waals surface area contributed by atoms with Crippen LogP contribution in [0.4, 0.5) is 4.39 Å². The molecule has 0 spiro atoms. The first-order valence-corrected chi connectivity index (χ1v) is 6.84. The molecule has 2 rings (SSSR count). The first-order valence-electron chi connectivity index (χ1n) is 5.76. The summed E-state index contributed by atoms with van der Waals surface area (Å²) in [4.78, 5) is 22.8. The summed E-state index contributed by atoms with van der Waals surface area (Å²) in [5.41, 5.74) is 0.320. The summed E-state index contributed by atoms with van der Waals surface area (Å²) in [5.74, 6) is -1.55. The Morgan fingerprint density at radius 2 is 2.05 bits per heavy atom. The molecule has 20 heavy (non-hydrogen) atoms. The molecule has 0 aliphatic carbocycles. The highest BCUT2D eigenvalue weighted by molar-refractivity contribution is 14.1. The molecule has 1 N–H and O–H groups in total. The van der Waals surface area contributed by atoms with Gasteiger partial charge in [-0.05, 0) is 46.4 Å². The Kier molecular flexibility index (Phi) is 4.22. The third-order valence-corrected chi connectivity index (χ3v) is 3.71. The predicted molar refractivity (Wildman–Crippen MR) is 80.6 cm³/mol.